The molecular weight excluding hydrogens is 480 g/mol. The summed E-state index contributed by atoms with van der Waals surface area (Å²) >= 11 is 5.70. The number of carbonyl (C=O) groups excluding carboxylic acids is 3. The van der Waals surface area contributed by atoms with Gasteiger partial charge in [0.05, 0.1) is 26.5 Å². The molecule has 0 spiro atoms. The minimum absolute atomic E-state index is 0.00491. The van der Waals surface area contributed by atoms with Gasteiger partial charge >= 0.3 is 5.69 Å². The average molecular weight is 491 g/mol. The van der Waals surface area contributed by atoms with Gasteiger partial charge in [-0.15, -0.1) is 0 Å². The molecule has 15 nitrogen and oxygen atoms in total. The Bertz CT molecular complexity index is 1320. The van der Waals surface area contributed by atoms with Crippen molar-refractivity contribution in [2.75, 3.05) is 10.3 Å². The molecule has 2 amide bonds. The fourth-order valence-electron chi connectivity index (χ4n) is 3.07. The SMILES string of the molecule is CC1=NN(c2ccc([N+](=O)[O-])cc2[N+](=O)[O-])C(=O)C1C(=O)C(=O)Nc1ccc(Cl)cc1[N+](=O)[O-]. The van der Waals surface area contributed by atoms with Gasteiger partial charge in [0.2, 0.25) is 5.78 Å². The summed E-state index contributed by atoms with van der Waals surface area (Å²) in [5, 5.41) is 39.8. The second-order valence-electron chi connectivity index (χ2n) is 6.75. The van der Waals surface area contributed by atoms with E-state index in [9.17, 15) is 44.7 Å². The van der Waals surface area contributed by atoms with Gasteiger partial charge in [0.15, 0.2) is 0 Å². The number of hydrazone groups is 1. The van der Waals surface area contributed by atoms with Crippen LogP contribution in [0, 0.1) is 36.3 Å². The zero-order chi connectivity index (χ0) is 25.3. The predicted octanol–water partition coefficient (Wildman–Crippen LogP) is 2.61. The van der Waals surface area contributed by atoms with E-state index in [0.29, 0.717) is 11.1 Å². The molecule has 16 heteroatoms. The average Bonchev–Trinajstić information content (AvgIpc) is 3.07. The highest BCUT2D eigenvalue weighted by atomic mass is 35.5. The van der Waals surface area contributed by atoms with E-state index >= 15 is 0 Å². The van der Waals surface area contributed by atoms with E-state index in [4.69, 9.17) is 11.6 Å². The van der Waals surface area contributed by atoms with Crippen LogP contribution < -0.4 is 10.3 Å². The number of nitro groups is 3. The number of nitro benzene ring substituents is 3. The van der Waals surface area contributed by atoms with Crippen LogP contribution in [0.15, 0.2) is 41.5 Å². The van der Waals surface area contributed by atoms with E-state index < -0.39 is 61.0 Å². The summed E-state index contributed by atoms with van der Waals surface area (Å²) < 4.78 is 0. The summed E-state index contributed by atoms with van der Waals surface area (Å²) in [6.45, 7) is 1.22. The smallest absolute Gasteiger partial charge is 0.301 e. The second kappa shape index (κ2) is 8.99. The summed E-state index contributed by atoms with van der Waals surface area (Å²) in [4.78, 5) is 68.8. The molecule has 0 aliphatic carbocycles. The third kappa shape index (κ3) is 4.40. The lowest BCUT2D eigenvalue weighted by molar-refractivity contribution is -0.393. The molecule has 0 aromatic heterocycles. The Kier molecular flexibility index (Phi) is 6.31. The van der Waals surface area contributed by atoms with E-state index in [1.807, 2.05) is 5.32 Å². The summed E-state index contributed by atoms with van der Waals surface area (Å²) in [6.07, 6.45) is 0. The highest BCUT2D eigenvalue weighted by molar-refractivity contribution is 6.50. The summed E-state index contributed by atoms with van der Waals surface area (Å²) in [5.41, 5.74) is -3.03. The lowest BCUT2D eigenvalue weighted by atomic mass is 9.98. The quantitative estimate of drug-likeness (QED) is 0.261. The van der Waals surface area contributed by atoms with Crippen LogP contribution >= 0.6 is 11.6 Å². The van der Waals surface area contributed by atoms with Gasteiger partial charge in [0, 0.05) is 17.2 Å². The Morgan fingerprint density at radius 1 is 1.00 bits per heavy atom. The number of halogens is 1. The Morgan fingerprint density at radius 2 is 1.65 bits per heavy atom. The van der Waals surface area contributed by atoms with Gasteiger partial charge in [-0.05, 0) is 25.1 Å². The first-order chi connectivity index (χ1) is 15.9. The Labute approximate surface area is 193 Å². The molecule has 1 aliphatic rings. The van der Waals surface area contributed by atoms with Crippen molar-refractivity contribution in [3.8, 4) is 0 Å². The zero-order valence-corrected chi connectivity index (χ0v) is 17.6. The largest absolute Gasteiger partial charge is 0.314 e. The van der Waals surface area contributed by atoms with E-state index in [1.54, 1.807) is 0 Å². The standard InChI is InChI=1S/C18H11ClN6O9/c1-8-15(16(26)17(27)20-11-4-2-9(19)6-13(11)24(31)32)18(28)22(21-8)12-5-3-10(23(29)30)7-14(12)25(33)34/h2-7,15H,1H3,(H,20,27). The fourth-order valence-corrected chi connectivity index (χ4v) is 3.23. The normalized spacial score (nSPS) is 15.0. The van der Waals surface area contributed by atoms with Gasteiger partial charge in [-0.3, -0.25) is 44.7 Å². The van der Waals surface area contributed by atoms with Gasteiger partial charge < -0.3 is 5.32 Å². The Hall–Kier alpha value is -4.79. The number of anilines is 2. The number of non-ortho nitro benzene ring substituents is 1. The number of nitrogens with one attached hydrogen (secondary N) is 1. The Morgan fingerprint density at radius 3 is 2.24 bits per heavy atom. The van der Waals surface area contributed by atoms with Crippen molar-refractivity contribution in [1.82, 2.24) is 0 Å². The van der Waals surface area contributed by atoms with Crippen molar-refractivity contribution < 1.29 is 29.2 Å². The van der Waals surface area contributed by atoms with Crippen LogP contribution in [0.1, 0.15) is 6.92 Å². The Balaban J connectivity index is 1.89. The van der Waals surface area contributed by atoms with Gasteiger partial charge in [0.25, 0.3) is 23.2 Å². The molecule has 0 saturated carbocycles. The van der Waals surface area contributed by atoms with Crippen LogP contribution in [0.2, 0.25) is 5.02 Å². The molecule has 1 atom stereocenters. The summed E-state index contributed by atoms with van der Waals surface area (Å²) in [7, 11) is 0. The number of ketones is 1. The maximum absolute atomic E-state index is 12.9. The first kappa shape index (κ1) is 23.9. The summed E-state index contributed by atoms with van der Waals surface area (Å²) in [5.74, 6) is -5.61. The van der Waals surface area contributed by atoms with Gasteiger partial charge in [-0.25, -0.2) is 0 Å². The van der Waals surface area contributed by atoms with Crippen LogP contribution in [-0.2, 0) is 14.4 Å². The maximum atomic E-state index is 12.9. The van der Waals surface area contributed by atoms with E-state index in [1.165, 1.54) is 13.0 Å². The molecule has 1 N–H and O–H groups in total. The topological polar surface area (TPSA) is 208 Å². The van der Waals surface area contributed by atoms with Crippen LogP contribution in [0.5, 0.6) is 0 Å². The molecule has 1 unspecified atom stereocenters. The van der Waals surface area contributed by atoms with Crippen molar-refractivity contribution in [1.29, 1.82) is 0 Å². The first-order valence-corrected chi connectivity index (χ1v) is 9.41. The van der Waals surface area contributed by atoms with Crippen molar-refractivity contribution in [2.24, 2.45) is 11.0 Å². The maximum Gasteiger partial charge on any atom is 0.301 e. The lowest BCUT2D eigenvalue weighted by Gasteiger charge is -2.14. The van der Waals surface area contributed by atoms with Gasteiger partial charge in [0.1, 0.15) is 17.3 Å². The molecule has 34 heavy (non-hydrogen) atoms. The van der Waals surface area contributed by atoms with Crippen LogP contribution in [0.3, 0.4) is 0 Å². The third-order valence-corrected chi connectivity index (χ3v) is 4.85. The van der Waals surface area contributed by atoms with Crippen LogP contribution in [0.25, 0.3) is 0 Å². The minimum atomic E-state index is -1.78. The van der Waals surface area contributed by atoms with E-state index in [2.05, 4.69) is 5.10 Å². The molecule has 0 radical (unpaired) electrons. The minimum Gasteiger partial charge on any atom is -0.314 e. The molecule has 2 aromatic carbocycles. The molecule has 0 fully saturated rings. The monoisotopic (exact) mass is 490 g/mol. The highest BCUT2D eigenvalue weighted by Crippen LogP contribution is 2.35. The van der Waals surface area contributed by atoms with Gasteiger partial charge in [-0.1, -0.05) is 11.6 Å². The number of carbonyl (C=O) groups is 3. The van der Waals surface area contributed by atoms with Crippen LogP contribution in [0.4, 0.5) is 28.4 Å². The number of nitrogens with zero attached hydrogens (tertiary/aromatic N) is 5. The molecule has 174 valence electrons. The number of hydrogen-bond acceptors (Lipinski definition) is 10. The molecule has 3 rings (SSSR count). The summed E-state index contributed by atoms with van der Waals surface area (Å²) in [6, 6.07) is 5.71. The first-order valence-electron chi connectivity index (χ1n) is 9.03. The number of amides is 2. The number of rotatable bonds is 7. The molecule has 0 saturated heterocycles. The lowest BCUT2D eigenvalue weighted by Crippen LogP contribution is -2.39. The molecule has 1 aliphatic heterocycles. The van der Waals surface area contributed by atoms with Crippen molar-refractivity contribution in [3.05, 3.63) is 71.8 Å². The van der Waals surface area contributed by atoms with Crippen molar-refractivity contribution >= 4 is 63.3 Å². The van der Waals surface area contributed by atoms with Crippen molar-refractivity contribution in [3.63, 3.8) is 0 Å². The predicted molar refractivity (Wildman–Crippen MR) is 116 cm³/mol. The van der Waals surface area contributed by atoms with Gasteiger partial charge in [-0.2, -0.15) is 10.1 Å². The number of benzene rings is 2. The second-order valence-corrected chi connectivity index (χ2v) is 7.19. The van der Waals surface area contributed by atoms with Crippen LogP contribution in [-0.4, -0.2) is 38.1 Å². The van der Waals surface area contributed by atoms with Crippen molar-refractivity contribution in [2.45, 2.75) is 6.92 Å². The molecule has 0 bridgehead atoms. The van der Waals surface area contributed by atoms with E-state index in [-0.39, 0.29) is 16.4 Å². The molecule has 1 heterocycles. The zero-order valence-electron chi connectivity index (χ0n) is 16.8. The highest BCUT2D eigenvalue weighted by Gasteiger charge is 2.44. The molecular formula is C18H11ClN6O9. The van der Waals surface area contributed by atoms with E-state index in [0.717, 1.165) is 24.3 Å². The number of hydrogen-bond donors (Lipinski definition) is 1. The fraction of sp³-hybridized carbons (Fsp3) is 0.111. The third-order valence-electron chi connectivity index (χ3n) is 4.62. The number of Topliss-reactive ketones (excluding diaryl/α,β-unsaturated/α-hetero) is 1. The molecule has 2 aromatic rings.